The molecule has 1 aliphatic heterocycles. The highest BCUT2D eigenvalue weighted by Crippen LogP contribution is 2.10. The Morgan fingerprint density at radius 1 is 1.56 bits per heavy atom. The number of nitrogens with one attached hydrogen (secondary N) is 2. The van der Waals surface area contributed by atoms with E-state index < -0.39 is 12.0 Å². The highest BCUT2D eigenvalue weighted by Gasteiger charge is 2.29. The van der Waals surface area contributed by atoms with E-state index in [0.717, 1.165) is 25.8 Å². The first-order chi connectivity index (χ1) is 7.56. The maximum atomic E-state index is 11.7. The molecule has 0 aromatic rings. The van der Waals surface area contributed by atoms with Crippen LogP contribution in [-0.2, 0) is 9.59 Å². The zero-order chi connectivity index (χ0) is 12.1. The molecule has 1 amide bonds. The van der Waals surface area contributed by atoms with Crippen molar-refractivity contribution in [2.75, 3.05) is 6.54 Å². The summed E-state index contributed by atoms with van der Waals surface area (Å²) in [4.78, 5) is 22.8. The predicted octanol–water partition coefficient (Wildman–Crippen LogP) is 0.354. The second-order valence-electron chi connectivity index (χ2n) is 4.36. The van der Waals surface area contributed by atoms with Gasteiger partial charge in [-0.2, -0.15) is 0 Å². The van der Waals surface area contributed by atoms with Crippen molar-refractivity contribution in [2.24, 2.45) is 5.92 Å². The molecule has 1 heterocycles. The summed E-state index contributed by atoms with van der Waals surface area (Å²) in [5, 5.41) is 14.7. The molecule has 1 saturated heterocycles. The van der Waals surface area contributed by atoms with Crippen molar-refractivity contribution >= 4 is 11.9 Å². The van der Waals surface area contributed by atoms with Gasteiger partial charge < -0.3 is 15.7 Å². The largest absolute Gasteiger partial charge is 0.480 e. The Labute approximate surface area is 95.6 Å². The van der Waals surface area contributed by atoms with Gasteiger partial charge in [0.25, 0.3) is 0 Å². The van der Waals surface area contributed by atoms with Gasteiger partial charge >= 0.3 is 5.97 Å². The number of rotatable bonds is 5. The van der Waals surface area contributed by atoms with Crippen molar-refractivity contribution in [3.05, 3.63) is 0 Å². The molecule has 0 spiro atoms. The molecule has 0 aromatic carbocycles. The second-order valence-corrected chi connectivity index (χ2v) is 4.36. The molecule has 0 aliphatic carbocycles. The maximum absolute atomic E-state index is 11.7. The molecule has 3 atom stereocenters. The minimum atomic E-state index is -0.958. The van der Waals surface area contributed by atoms with E-state index in [1.54, 1.807) is 0 Å². The third kappa shape index (κ3) is 3.20. The van der Waals surface area contributed by atoms with E-state index in [2.05, 4.69) is 10.6 Å². The monoisotopic (exact) mass is 228 g/mol. The smallest absolute Gasteiger partial charge is 0.326 e. The SMILES string of the molecule is CCC(C)[C@@H](NC(=O)[C@H]1CCCN1)C(=O)O. The van der Waals surface area contributed by atoms with E-state index in [4.69, 9.17) is 5.11 Å². The number of hydrogen-bond donors (Lipinski definition) is 3. The van der Waals surface area contributed by atoms with Gasteiger partial charge in [-0.15, -0.1) is 0 Å². The third-order valence-electron chi connectivity index (χ3n) is 3.15. The second kappa shape index (κ2) is 5.84. The first kappa shape index (κ1) is 13.0. The van der Waals surface area contributed by atoms with Crippen LogP contribution in [0.5, 0.6) is 0 Å². The molecule has 0 aromatic heterocycles. The Morgan fingerprint density at radius 3 is 2.69 bits per heavy atom. The fourth-order valence-electron chi connectivity index (χ4n) is 1.85. The van der Waals surface area contributed by atoms with Crippen molar-refractivity contribution < 1.29 is 14.7 Å². The molecule has 5 nitrogen and oxygen atoms in total. The molecule has 16 heavy (non-hydrogen) atoms. The van der Waals surface area contributed by atoms with Gasteiger partial charge in [0.1, 0.15) is 6.04 Å². The van der Waals surface area contributed by atoms with E-state index in [9.17, 15) is 9.59 Å². The lowest BCUT2D eigenvalue weighted by atomic mass is 9.99. The van der Waals surface area contributed by atoms with Crippen LogP contribution in [0, 0.1) is 5.92 Å². The molecule has 0 radical (unpaired) electrons. The van der Waals surface area contributed by atoms with E-state index in [1.165, 1.54) is 0 Å². The molecule has 5 heteroatoms. The molecule has 92 valence electrons. The van der Waals surface area contributed by atoms with Crippen LogP contribution in [0.25, 0.3) is 0 Å². The minimum absolute atomic E-state index is 0.0529. The Morgan fingerprint density at radius 2 is 2.25 bits per heavy atom. The van der Waals surface area contributed by atoms with Gasteiger partial charge in [0.15, 0.2) is 0 Å². The van der Waals surface area contributed by atoms with Crippen LogP contribution in [-0.4, -0.2) is 35.6 Å². The Bertz CT molecular complexity index is 262. The third-order valence-corrected chi connectivity index (χ3v) is 3.15. The Balaban J connectivity index is 2.53. The van der Waals surface area contributed by atoms with Crippen molar-refractivity contribution in [1.29, 1.82) is 0 Å². The summed E-state index contributed by atoms with van der Waals surface area (Å²) >= 11 is 0. The fraction of sp³-hybridized carbons (Fsp3) is 0.818. The van der Waals surface area contributed by atoms with Gasteiger partial charge in [-0.3, -0.25) is 4.79 Å². The average molecular weight is 228 g/mol. The van der Waals surface area contributed by atoms with Crippen molar-refractivity contribution in [3.8, 4) is 0 Å². The van der Waals surface area contributed by atoms with Gasteiger partial charge in [0.2, 0.25) is 5.91 Å². The van der Waals surface area contributed by atoms with E-state index >= 15 is 0 Å². The van der Waals surface area contributed by atoms with Gasteiger partial charge in [0.05, 0.1) is 6.04 Å². The standard InChI is InChI=1S/C11H20N2O3/c1-3-7(2)9(11(15)16)13-10(14)8-5-4-6-12-8/h7-9,12H,3-6H2,1-2H3,(H,13,14)(H,15,16)/t7?,8-,9-/m1/s1. The van der Waals surface area contributed by atoms with Crippen LogP contribution in [0.2, 0.25) is 0 Å². The topological polar surface area (TPSA) is 78.4 Å². The number of hydrogen-bond acceptors (Lipinski definition) is 3. The Kier molecular flexibility index (Phi) is 4.73. The number of carboxylic acid groups (broad SMARTS) is 1. The first-order valence-electron chi connectivity index (χ1n) is 5.82. The molecule has 0 bridgehead atoms. The van der Waals surface area contributed by atoms with E-state index in [-0.39, 0.29) is 17.9 Å². The summed E-state index contributed by atoms with van der Waals surface area (Å²) in [5.74, 6) is -1.20. The van der Waals surface area contributed by atoms with Crippen LogP contribution in [0.4, 0.5) is 0 Å². The van der Waals surface area contributed by atoms with E-state index in [0.29, 0.717) is 0 Å². The fourth-order valence-corrected chi connectivity index (χ4v) is 1.85. The molecule has 1 fully saturated rings. The molecule has 0 saturated carbocycles. The lowest BCUT2D eigenvalue weighted by Gasteiger charge is -2.22. The number of carbonyl (C=O) groups excluding carboxylic acids is 1. The number of amides is 1. The van der Waals surface area contributed by atoms with Crippen molar-refractivity contribution in [1.82, 2.24) is 10.6 Å². The van der Waals surface area contributed by atoms with Gasteiger partial charge in [-0.1, -0.05) is 20.3 Å². The lowest BCUT2D eigenvalue weighted by molar-refractivity contribution is -0.143. The Hall–Kier alpha value is -1.10. The molecular formula is C11H20N2O3. The normalized spacial score (nSPS) is 23.8. The molecule has 1 aliphatic rings. The highest BCUT2D eigenvalue weighted by molar-refractivity contribution is 5.87. The van der Waals surface area contributed by atoms with Crippen LogP contribution in [0.1, 0.15) is 33.1 Å². The maximum Gasteiger partial charge on any atom is 0.326 e. The van der Waals surface area contributed by atoms with Crippen LogP contribution in [0.3, 0.4) is 0 Å². The summed E-state index contributed by atoms with van der Waals surface area (Å²) in [7, 11) is 0. The van der Waals surface area contributed by atoms with Crippen LogP contribution < -0.4 is 10.6 Å². The zero-order valence-corrected chi connectivity index (χ0v) is 9.82. The molecule has 3 N–H and O–H groups in total. The highest BCUT2D eigenvalue weighted by atomic mass is 16.4. The van der Waals surface area contributed by atoms with Gasteiger partial charge in [-0.25, -0.2) is 4.79 Å². The summed E-state index contributed by atoms with van der Waals surface area (Å²) in [6, 6.07) is -0.995. The average Bonchev–Trinajstić information content (AvgIpc) is 2.77. The van der Waals surface area contributed by atoms with Gasteiger partial charge in [0, 0.05) is 0 Å². The predicted molar refractivity (Wildman–Crippen MR) is 60.0 cm³/mol. The van der Waals surface area contributed by atoms with E-state index in [1.807, 2.05) is 13.8 Å². The first-order valence-corrected chi connectivity index (χ1v) is 5.82. The van der Waals surface area contributed by atoms with Crippen LogP contribution >= 0.6 is 0 Å². The summed E-state index contributed by atoms with van der Waals surface area (Å²) in [5.41, 5.74) is 0. The summed E-state index contributed by atoms with van der Waals surface area (Å²) in [6.07, 6.45) is 2.49. The van der Waals surface area contributed by atoms with Crippen LogP contribution in [0.15, 0.2) is 0 Å². The molecule has 1 rings (SSSR count). The quantitative estimate of drug-likeness (QED) is 0.634. The van der Waals surface area contributed by atoms with Crippen molar-refractivity contribution in [3.63, 3.8) is 0 Å². The number of aliphatic carboxylic acids is 1. The number of carboxylic acids is 1. The summed E-state index contributed by atoms with van der Waals surface area (Å²) in [6.45, 7) is 4.58. The zero-order valence-electron chi connectivity index (χ0n) is 9.82. The molecular weight excluding hydrogens is 208 g/mol. The lowest BCUT2D eigenvalue weighted by Crippen LogP contribution is -2.50. The van der Waals surface area contributed by atoms with Crippen molar-refractivity contribution in [2.45, 2.75) is 45.2 Å². The molecule has 1 unspecified atom stereocenters. The number of carbonyl (C=O) groups is 2. The van der Waals surface area contributed by atoms with Gasteiger partial charge in [-0.05, 0) is 25.3 Å². The summed E-state index contributed by atoms with van der Waals surface area (Å²) < 4.78 is 0. The minimum Gasteiger partial charge on any atom is -0.480 e.